The number of hydrogen-bond donors (Lipinski definition) is 0. The molecule has 5 nitrogen and oxygen atoms in total. The van der Waals surface area contributed by atoms with Crippen LogP contribution in [0, 0.1) is 17.3 Å². The van der Waals surface area contributed by atoms with Crippen LogP contribution in [0.25, 0.3) is 6.08 Å². The van der Waals surface area contributed by atoms with E-state index in [9.17, 15) is 14.4 Å². The highest BCUT2D eigenvalue weighted by Crippen LogP contribution is 2.54. The lowest BCUT2D eigenvalue weighted by molar-refractivity contribution is -0.135. The third-order valence-corrected chi connectivity index (χ3v) is 7.01. The normalized spacial score (nSPS) is 26.3. The summed E-state index contributed by atoms with van der Waals surface area (Å²) in [6, 6.07) is 11.3. The Kier molecular flexibility index (Phi) is 4.77. The van der Waals surface area contributed by atoms with Gasteiger partial charge in [-0.3, -0.25) is 14.4 Å². The molecule has 0 aromatic heterocycles. The Morgan fingerprint density at radius 2 is 1.56 bits per heavy atom. The van der Waals surface area contributed by atoms with E-state index in [2.05, 4.69) is 0 Å². The third kappa shape index (κ3) is 3.02. The molecule has 3 aliphatic rings. The van der Waals surface area contributed by atoms with E-state index in [0.29, 0.717) is 15.7 Å². The van der Waals surface area contributed by atoms with Crippen molar-refractivity contribution in [3.8, 4) is 0 Å². The van der Waals surface area contributed by atoms with Crippen molar-refractivity contribution in [3.63, 3.8) is 0 Å². The van der Waals surface area contributed by atoms with Crippen LogP contribution in [0.2, 0.25) is 10.0 Å². The van der Waals surface area contributed by atoms with Crippen molar-refractivity contribution < 1.29 is 14.4 Å². The molecule has 0 N–H and O–H groups in total. The summed E-state index contributed by atoms with van der Waals surface area (Å²) < 4.78 is 0. The fourth-order valence-corrected chi connectivity index (χ4v) is 5.74. The minimum atomic E-state index is -0.784. The molecule has 0 saturated carbocycles. The molecule has 5 rings (SSSR count). The number of amides is 2. The number of Topliss-reactive ketones (excluding diaryl/α,β-unsaturated/α-hetero) is 1. The second-order valence-electron chi connectivity index (χ2n) is 9.59. The molecule has 0 spiro atoms. The van der Waals surface area contributed by atoms with Crippen molar-refractivity contribution in [2.24, 2.45) is 17.3 Å². The van der Waals surface area contributed by atoms with E-state index in [1.165, 1.54) is 0 Å². The SMILES string of the molecule is CC(C)(C)C(=O)[C@H]1[C@@H]2C(=O)N(c3cc(Cl)cc(Cl)c3)C(=O)[C@@H]2[C@H]2c3ccccc3C=CN21. The molecule has 32 heavy (non-hydrogen) atoms. The molecule has 0 aliphatic carbocycles. The molecule has 2 fully saturated rings. The number of carbonyl (C=O) groups excluding carboxylic acids is 3. The van der Waals surface area contributed by atoms with Crippen molar-refractivity contribution in [3.05, 3.63) is 69.8 Å². The average Bonchev–Trinajstić information content (AvgIpc) is 3.19. The Labute approximate surface area is 196 Å². The second-order valence-corrected chi connectivity index (χ2v) is 10.5. The second kappa shape index (κ2) is 7.19. The first kappa shape index (κ1) is 21.2. The zero-order valence-corrected chi connectivity index (χ0v) is 19.4. The topological polar surface area (TPSA) is 57.7 Å². The molecule has 2 saturated heterocycles. The summed E-state index contributed by atoms with van der Waals surface area (Å²) >= 11 is 12.3. The van der Waals surface area contributed by atoms with E-state index in [1.807, 2.05) is 62.2 Å². The van der Waals surface area contributed by atoms with E-state index in [1.54, 1.807) is 18.2 Å². The first-order valence-corrected chi connectivity index (χ1v) is 11.3. The van der Waals surface area contributed by atoms with Gasteiger partial charge in [-0.2, -0.15) is 0 Å². The van der Waals surface area contributed by atoms with Crippen molar-refractivity contribution in [1.29, 1.82) is 0 Å². The number of nitrogens with zero attached hydrogens (tertiary/aromatic N) is 2. The van der Waals surface area contributed by atoms with E-state index in [-0.39, 0.29) is 17.6 Å². The third-order valence-electron chi connectivity index (χ3n) is 6.57. The molecule has 0 bridgehead atoms. The Balaban J connectivity index is 1.68. The summed E-state index contributed by atoms with van der Waals surface area (Å²) in [5.74, 6) is -2.24. The highest BCUT2D eigenvalue weighted by Gasteiger charge is 2.65. The molecule has 3 aliphatic heterocycles. The van der Waals surface area contributed by atoms with Crippen LogP contribution in [0.15, 0.2) is 48.7 Å². The summed E-state index contributed by atoms with van der Waals surface area (Å²) in [6.07, 6.45) is 3.81. The largest absolute Gasteiger partial charge is 0.359 e. The number of ketones is 1. The van der Waals surface area contributed by atoms with Crippen molar-refractivity contribution in [2.45, 2.75) is 32.9 Å². The number of rotatable bonds is 2. The van der Waals surface area contributed by atoms with Gasteiger partial charge in [0.15, 0.2) is 5.78 Å². The maximum atomic E-state index is 13.8. The Morgan fingerprint density at radius 1 is 0.938 bits per heavy atom. The summed E-state index contributed by atoms with van der Waals surface area (Å²) in [5, 5.41) is 0.667. The van der Waals surface area contributed by atoms with E-state index in [0.717, 1.165) is 16.0 Å². The fraction of sp³-hybridized carbons (Fsp3) is 0.320. The van der Waals surface area contributed by atoms with Crippen molar-refractivity contribution in [2.75, 3.05) is 4.90 Å². The van der Waals surface area contributed by atoms with Crippen molar-refractivity contribution >= 4 is 52.6 Å². The van der Waals surface area contributed by atoms with Crippen LogP contribution in [0.3, 0.4) is 0 Å². The molecule has 0 radical (unpaired) electrons. The minimum Gasteiger partial charge on any atom is -0.359 e. The van der Waals surface area contributed by atoms with Crippen LogP contribution in [0.1, 0.15) is 37.9 Å². The molecule has 2 aromatic rings. The zero-order chi connectivity index (χ0) is 22.9. The zero-order valence-electron chi connectivity index (χ0n) is 17.9. The summed E-state index contributed by atoms with van der Waals surface area (Å²) in [7, 11) is 0. The maximum absolute atomic E-state index is 13.8. The highest BCUT2D eigenvalue weighted by molar-refractivity contribution is 6.35. The number of benzene rings is 2. The van der Waals surface area contributed by atoms with Crippen LogP contribution >= 0.6 is 23.2 Å². The van der Waals surface area contributed by atoms with Gasteiger partial charge in [0.25, 0.3) is 0 Å². The first-order chi connectivity index (χ1) is 15.1. The number of halogens is 2. The van der Waals surface area contributed by atoms with Gasteiger partial charge in [0.05, 0.1) is 23.6 Å². The molecule has 0 unspecified atom stereocenters. The molecule has 164 valence electrons. The van der Waals surface area contributed by atoms with Crippen molar-refractivity contribution in [1.82, 2.24) is 4.90 Å². The number of anilines is 1. The summed E-state index contributed by atoms with van der Waals surface area (Å²) in [6.45, 7) is 5.53. The number of imide groups is 1. The lowest BCUT2D eigenvalue weighted by Gasteiger charge is -2.37. The fourth-order valence-electron chi connectivity index (χ4n) is 5.22. The van der Waals surface area contributed by atoms with E-state index in [4.69, 9.17) is 23.2 Å². The lowest BCUT2D eigenvalue weighted by Crippen LogP contribution is -2.47. The Morgan fingerprint density at radius 3 is 2.22 bits per heavy atom. The first-order valence-electron chi connectivity index (χ1n) is 10.5. The van der Waals surface area contributed by atoms with Crippen LogP contribution in [0.4, 0.5) is 5.69 Å². The molecule has 2 amide bonds. The number of fused-ring (bicyclic) bond motifs is 5. The van der Waals surface area contributed by atoms with Crippen LogP contribution in [0.5, 0.6) is 0 Å². The number of hydrogen-bond acceptors (Lipinski definition) is 4. The van der Waals surface area contributed by atoms with Gasteiger partial charge in [-0.1, -0.05) is 68.2 Å². The van der Waals surface area contributed by atoms with Crippen LogP contribution < -0.4 is 4.90 Å². The van der Waals surface area contributed by atoms with Gasteiger partial charge in [-0.15, -0.1) is 0 Å². The number of carbonyl (C=O) groups is 3. The Bertz CT molecular complexity index is 1180. The van der Waals surface area contributed by atoms with Gasteiger partial charge in [0.1, 0.15) is 6.04 Å². The monoisotopic (exact) mass is 468 g/mol. The molecular formula is C25H22Cl2N2O3. The predicted octanol–water partition coefficient (Wildman–Crippen LogP) is 5.12. The highest BCUT2D eigenvalue weighted by atomic mass is 35.5. The van der Waals surface area contributed by atoms with Crippen LogP contribution in [-0.2, 0) is 14.4 Å². The van der Waals surface area contributed by atoms with Gasteiger partial charge in [0, 0.05) is 21.7 Å². The average molecular weight is 469 g/mol. The van der Waals surface area contributed by atoms with E-state index >= 15 is 0 Å². The summed E-state index contributed by atoms with van der Waals surface area (Å²) in [4.78, 5) is 44.2. The lowest BCUT2D eigenvalue weighted by atomic mass is 9.79. The maximum Gasteiger partial charge on any atom is 0.240 e. The molecule has 7 heteroatoms. The molecule has 3 heterocycles. The van der Waals surface area contributed by atoms with Gasteiger partial charge in [-0.05, 0) is 35.4 Å². The van der Waals surface area contributed by atoms with Crippen LogP contribution in [-0.4, -0.2) is 28.5 Å². The molecular weight excluding hydrogens is 447 g/mol. The predicted molar refractivity (Wildman–Crippen MR) is 124 cm³/mol. The molecule has 2 aromatic carbocycles. The van der Waals surface area contributed by atoms with Gasteiger partial charge in [-0.25, -0.2) is 4.90 Å². The van der Waals surface area contributed by atoms with Gasteiger partial charge in [0.2, 0.25) is 11.8 Å². The summed E-state index contributed by atoms with van der Waals surface area (Å²) in [5.41, 5.74) is 1.59. The van der Waals surface area contributed by atoms with Gasteiger partial charge < -0.3 is 4.90 Å². The standard InChI is InChI=1S/C25H22Cl2N2O3/c1-25(2,3)22(30)21-19-18(20-17-7-5-4-6-13(17)8-9-28(20)21)23(31)29(24(19)32)16-11-14(26)10-15(27)12-16/h4-12,18-21H,1-3H3/t18-,19+,20+,21+/m0/s1. The van der Waals surface area contributed by atoms with E-state index < -0.39 is 29.3 Å². The smallest absolute Gasteiger partial charge is 0.240 e. The quantitative estimate of drug-likeness (QED) is 0.573. The van der Waals surface area contributed by atoms with Gasteiger partial charge >= 0.3 is 0 Å². The molecule has 4 atom stereocenters. The Hall–Kier alpha value is -2.63. The minimum absolute atomic E-state index is 0.0637.